The van der Waals surface area contributed by atoms with Gasteiger partial charge in [-0.25, -0.2) is 0 Å². The third kappa shape index (κ3) is 4.70. The van der Waals surface area contributed by atoms with Gasteiger partial charge in [0.2, 0.25) is 0 Å². The molecule has 5 rings (SSSR count). The zero-order chi connectivity index (χ0) is 32.0. The summed E-state index contributed by atoms with van der Waals surface area (Å²) in [5.74, 6) is 1.01. The van der Waals surface area contributed by atoms with Crippen molar-refractivity contribution in [2.45, 2.75) is 152 Å². The first-order valence-electron chi connectivity index (χ1n) is 17.5. The number of ether oxygens (including phenoxy) is 1. The molecule has 0 aromatic heterocycles. The number of ketones is 1. The maximum Gasteiger partial charge on any atom is 0.309 e. The molecular formula is C38H60O5. The molecule has 7 unspecified atom stereocenters. The molecule has 8 atom stereocenters. The summed E-state index contributed by atoms with van der Waals surface area (Å²) in [7, 11) is 0. The second-order valence-corrected chi connectivity index (χ2v) is 18.0. The summed E-state index contributed by atoms with van der Waals surface area (Å²) in [6.45, 7) is 22.3. The average Bonchev–Trinajstić information content (AvgIpc) is 3.18. The number of allylic oxidation sites excluding steroid dienone is 2. The predicted octanol–water partition coefficient (Wildman–Crippen LogP) is 9.18. The summed E-state index contributed by atoms with van der Waals surface area (Å²) in [5.41, 5.74) is 2.04. The van der Waals surface area contributed by atoms with Crippen molar-refractivity contribution in [1.82, 2.24) is 0 Å². The molecular weight excluding hydrogens is 536 g/mol. The molecule has 5 aliphatic rings. The Balaban J connectivity index is 1.44. The molecule has 0 heterocycles. The van der Waals surface area contributed by atoms with Gasteiger partial charge < -0.3 is 9.84 Å². The Labute approximate surface area is 261 Å². The largest absolute Gasteiger partial charge is 0.481 e. The Morgan fingerprint density at radius 1 is 0.907 bits per heavy atom. The van der Waals surface area contributed by atoms with Crippen molar-refractivity contribution in [3.8, 4) is 0 Å². The summed E-state index contributed by atoms with van der Waals surface area (Å²) < 4.78 is 6.14. The fourth-order valence-electron chi connectivity index (χ4n) is 12.7. The molecule has 5 aliphatic carbocycles. The maximum atomic E-state index is 13.6. The van der Waals surface area contributed by atoms with E-state index < -0.39 is 11.4 Å². The molecule has 5 heteroatoms. The number of carbonyl (C=O) groups is 3. The first-order valence-corrected chi connectivity index (χ1v) is 17.5. The van der Waals surface area contributed by atoms with Crippen LogP contribution in [-0.4, -0.2) is 28.9 Å². The van der Waals surface area contributed by atoms with Gasteiger partial charge in [-0.2, -0.15) is 0 Å². The minimum absolute atomic E-state index is 0.0835. The smallest absolute Gasteiger partial charge is 0.309 e. The number of hydrogen-bond donors (Lipinski definition) is 1. The molecule has 1 N–H and O–H groups in total. The third-order valence-corrected chi connectivity index (χ3v) is 14.4. The van der Waals surface area contributed by atoms with Gasteiger partial charge in [-0.05, 0) is 123 Å². The zero-order valence-corrected chi connectivity index (χ0v) is 29.0. The molecule has 4 fully saturated rings. The topological polar surface area (TPSA) is 80.7 Å². The summed E-state index contributed by atoms with van der Waals surface area (Å²) >= 11 is 0. The molecule has 0 aliphatic heterocycles. The Morgan fingerprint density at radius 2 is 1.49 bits per heavy atom. The van der Waals surface area contributed by atoms with Crippen LogP contribution in [0.1, 0.15) is 146 Å². The van der Waals surface area contributed by atoms with Crippen molar-refractivity contribution in [3.05, 3.63) is 11.1 Å². The van der Waals surface area contributed by atoms with Crippen LogP contribution in [0.5, 0.6) is 0 Å². The van der Waals surface area contributed by atoms with E-state index in [1.807, 2.05) is 0 Å². The Bertz CT molecular complexity index is 1210. The molecule has 0 radical (unpaired) electrons. The molecule has 0 amide bonds. The minimum atomic E-state index is -1.13. The van der Waals surface area contributed by atoms with E-state index in [1.54, 1.807) is 19.4 Å². The van der Waals surface area contributed by atoms with Gasteiger partial charge in [0.25, 0.3) is 0 Å². The molecule has 0 saturated heterocycles. The lowest BCUT2D eigenvalue weighted by molar-refractivity contribution is -0.222. The number of Topliss-reactive ketones (excluding diaryl/α,β-unsaturated/α-hetero) is 1. The lowest BCUT2D eigenvalue weighted by atomic mass is 9.34. The van der Waals surface area contributed by atoms with Crippen LogP contribution in [0.4, 0.5) is 0 Å². The number of carbonyl (C=O) groups excluding carboxylic acids is 2. The highest BCUT2D eigenvalue weighted by atomic mass is 16.5. The number of hydrogen-bond acceptors (Lipinski definition) is 4. The molecule has 0 aromatic rings. The maximum absolute atomic E-state index is 13.6. The predicted molar refractivity (Wildman–Crippen MR) is 170 cm³/mol. The molecule has 0 aromatic carbocycles. The van der Waals surface area contributed by atoms with Crippen LogP contribution in [0.25, 0.3) is 0 Å². The van der Waals surface area contributed by atoms with Crippen LogP contribution < -0.4 is 0 Å². The number of fused-ring (bicyclic) bond motifs is 7. The first kappa shape index (κ1) is 32.7. The van der Waals surface area contributed by atoms with E-state index in [-0.39, 0.29) is 51.5 Å². The van der Waals surface area contributed by atoms with E-state index in [4.69, 9.17) is 4.74 Å². The Hall–Kier alpha value is -1.65. The van der Waals surface area contributed by atoms with Gasteiger partial charge in [-0.15, -0.1) is 0 Å². The molecule has 5 nitrogen and oxygen atoms in total. The second kappa shape index (κ2) is 10.4. The van der Waals surface area contributed by atoms with Gasteiger partial charge in [0.05, 0.1) is 11.8 Å². The van der Waals surface area contributed by atoms with E-state index in [1.165, 1.54) is 31.3 Å². The van der Waals surface area contributed by atoms with Crippen LogP contribution >= 0.6 is 0 Å². The number of esters is 1. The van der Waals surface area contributed by atoms with E-state index >= 15 is 0 Å². The summed E-state index contributed by atoms with van der Waals surface area (Å²) in [6.07, 6.45) is 11.7. The minimum Gasteiger partial charge on any atom is -0.481 e. The van der Waals surface area contributed by atoms with E-state index in [2.05, 4.69) is 55.4 Å². The van der Waals surface area contributed by atoms with Gasteiger partial charge >= 0.3 is 11.9 Å². The number of carboxylic acid groups (broad SMARTS) is 1. The van der Waals surface area contributed by atoms with Gasteiger partial charge in [-0.1, -0.05) is 67.4 Å². The molecule has 0 bridgehead atoms. The Kier molecular flexibility index (Phi) is 7.95. The number of aliphatic carboxylic acids is 1. The molecule has 0 spiro atoms. The second-order valence-electron chi connectivity index (χ2n) is 18.0. The lowest BCUT2D eigenvalue weighted by Gasteiger charge is -2.71. The molecule has 242 valence electrons. The lowest BCUT2D eigenvalue weighted by Crippen LogP contribution is -2.64. The van der Waals surface area contributed by atoms with E-state index in [0.717, 1.165) is 44.9 Å². The number of rotatable bonds is 7. The molecule has 4 saturated carbocycles. The summed E-state index contributed by atoms with van der Waals surface area (Å²) in [5, 5.41) is 9.54. The normalized spacial score (nSPS) is 42.2. The standard InChI is InChI=1S/C38H60O5/c1-11-16-38-20-14-27-36(9)17-12-25-34(6,7)28(43-29(40)22-33(4,5)32(41)42)15-19-35(25,8)26(36)13-18-37(27,10)31(38)30(23(2)3)24(39)21-38/h23,25-28H,11-22H2,1-10H3,(H,41,42)/t25-,26?,27?,28?,35?,36?,37?,38?/m0/s1. The average molecular weight is 597 g/mol. The highest BCUT2D eigenvalue weighted by Crippen LogP contribution is 2.76. The van der Waals surface area contributed by atoms with Crippen LogP contribution in [0.2, 0.25) is 0 Å². The highest BCUT2D eigenvalue weighted by Gasteiger charge is 2.69. The van der Waals surface area contributed by atoms with Crippen molar-refractivity contribution in [1.29, 1.82) is 0 Å². The van der Waals surface area contributed by atoms with Crippen molar-refractivity contribution < 1.29 is 24.2 Å². The van der Waals surface area contributed by atoms with Crippen molar-refractivity contribution in [2.24, 2.45) is 56.2 Å². The fourth-order valence-corrected chi connectivity index (χ4v) is 12.7. The Morgan fingerprint density at radius 3 is 2.09 bits per heavy atom. The van der Waals surface area contributed by atoms with Crippen LogP contribution in [0.15, 0.2) is 11.1 Å². The first-order chi connectivity index (χ1) is 19.8. The summed E-state index contributed by atoms with van der Waals surface area (Å²) in [6, 6.07) is 0. The number of carboxylic acids is 1. The summed E-state index contributed by atoms with van der Waals surface area (Å²) in [4.78, 5) is 38.3. The van der Waals surface area contributed by atoms with Crippen LogP contribution in [0.3, 0.4) is 0 Å². The van der Waals surface area contributed by atoms with E-state index in [0.29, 0.717) is 23.5 Å². The van der Waals surface area contributed by atoms with Gasteiger partial charge in [-0.3, -0.25) is 14.4 Å². The van der Waals surface area contributed by atoms with Crippen molar-refractivity contribution >= 4 is 17.7 Å². The van der Waals surface area contributed by atoms with Gasteiger partial charge in [0, 0.05) is 11.8 Å². The monoisotopic (exact) mass is 596 g/mol. The van der Waals surface area contributed by atoms with Crippen molar-refractivity contribution in [3.63, 3.8) is 0 Å². The SMILES string of the molecule is CCCC12CCC3C(C)(CCC4C3(C)CC[C@H]3C(C)(C)C(OC(=O)CC(C)(C)C(=O)O)CCC43C)C1=C(C(C)C)C(=O)C2. The zero-order valence-electron chi connectivity index (χ0n) is 29.0. The van der Waals surface area contributed by atoms with E-state index in [9.17, 15) is 19.5 Å². The highest BCUT2D eigenvalue weighted by molar-refractivity contribution is 6.00. The van der Waals surface area contributed by atoms with Gasteiger partial charge in [0.15, 0.2) is 5.78 Å². The van der Waals surface area contributed by atoms with Gasteiger partial charge in [0.1, 0.15) is 6.10 Å². The fraction of sp³-hybridized carbons (Fsp3) is 0.868. The molecule has 43 heavy (non-hydrogen) atoms. The third-order valence-electron chi connectivity index (χ3n) is 14.4. The van der Waals surface area contributed by atoms with Crippen LogP contribution in [0, 0.1) is 56.2 Å². The quantitative estimate of drug-likeness (QED) is 0.296. The van der Waals surface area contributed by atoms with Crippen LogP contribution in [-0.2, 0) is 19.1 Å². The van der Waals surface area contributed by atoms with Crippen molar-refractivity contribution in [2.75, 3.05) is 0 Å².